The fraction of sp³-hybridized carbons (Fsp3) is 0.238. The predicted octanol–water partition coefficient (Wildman–Crippen LogP) is 3.52. The summed E-state index contributed by atoms with van der Waals surface area (Å²) in [6, 6.07) is 16.2. The van der Waals surface area contributed by atoms with Crippen LogP contribution in [0.3, 0.4) is 0 Å². The van der Waals surface area contributed by atoms with Gasteiger partial charge >= 0.3 is 0 Å². The molecule has 4 nitrogen and oxygen atoms in total. The summed E-state index contributed by atoms with van der Waals surface area (Å²) in [5, 5.41) is 2.99. The van der Waals surface area contributed by atoms with Crippen molar-refractivity contribution in [2.45, 2.75) is 26.8 Å². The largest absolute Gasteiger partial charge is 0.352 e. The number of carbonyl (C=O) groups excluding carboxylic acids is 1. The fourth-order valence-corrected chi connectivity index (χ4v) is 2.99. The first kappa shape index (κ1) is 17.0. The normalized spacial score (nSPS) is 10.6. The summed E-state index contributed by atoms with van der Waals surface area (Å²) in [6.45, 7) is 5.37. The minimum Gasteiger partial charge on any atom is -0.352 e. The highest BCUT2D eigenvalue weighted by molar-refractivity contribution is 5.94. The third-order valence-electron chi connectivity index (χ3n) is 4.12. The van der Waals surface area contributed by atoms with Crippen LogP contribution < -0.4 is 5.32 Å². The molecule has 3 aromatic rings. The minimum absolute atomic E-state index is 0.0343. The molecule has 0 spiro atoms. The van der Waals surface area contributed by atoms with Crippen molar-refractivity contribution in [2.24, 2.45) is 0 Å². The third kappa shape index (κ3) is 4.57. The number of hydrogen-bond acceptors (Lipinski definition) is 2. The number of amides is 1. The molecule has 0 aliphatic heterocycles. The maximum Gasteiger partial charge on any atom is 0.251 e. The monoisotopic (exact) mass is 333 g/mol. The number of rotatable bonds is 6. The third-order valence-corrected chi connectivity index (χ3v) is 4.12. The highest BCUT2D eigenvalue weighted by Gasteiger charge is 2.08. The molecule has 0 bridgehead atoms. The number of nitrogens with one attached hydrogen (secondary N) is 1. The number of benzene rings is 2. The molecule has 0 fully saturated rings. The topological polar surface area (TPSA) is 46.9 Å². The first-order valence-corrected chi connectivity index (χ1v) is 8.52. The number of aromatic nitrogens is 2. The molecule has 1 heterocycles. The van der Waals surface area contributed by atoms with Gasteiger partial charge in [0.1, 0.15) is 5.82 Å². The second-order valence-electron chi connectivity index (χ2n) is 6.34. The van der Waals surface area contributed by atoms with E-state index in [2.05, 4.69) is 33.1 Å². The molecule has 0 saturated heterocycles. The molecule has 128 valence electrons. The van der Waals surface area contributed by atoms with Crippen molar-refractivity contribution in [1.29, 1.82) is 0 Å². The number of hydrogen-bond donors (Lipinski definition) is 1. The highest BCUT2D eigenvalue weighted by atomic mass is 16.1. The summed E-state index contributed by atoms with van der Waals surface area (Å²) < 4.78 is 2.12. The molecule has 0 saturated carbocycles. The number of nitrogens with zero attached hydrogens (tertiary/aromatic N) is 2. The molecule has 0 radical (unpaired) electrons. The summed E-state index contributed by atoms with van der Waals surface area (Å²) in [6.07, 6.45) is 4.49. The van der Waals surface area contributed by atoms with Crippen molar-refractivity contribution in [2.75, 3.05) is 6.54 Å². The maximum atomic E-state index is 12.3. The molecule has 2 aromatic carbocycles. The Bertz CT molecular complexity index is 832. The Morgan fingerprint density at radius 2 is 1.80 bits per heavy atom. The lowest BCUT2D eigenvalue weighted by molar-refractivity contribution is 0.0953. The van der Waals surface area contributed by atoms with Crippen LogP contribution in [-0.2, 0) is 13.0 Å². The van der Waals surface area contributed by atoms with Gasteiger partial charge in [-0.15, -0.1) is 0 Å². The number of imidazole rings is 1. The van der Waals surface area contributed by atoms with Crippen molar-refractivity contribution in [3.8, 4) is 0 Å². The minimum atomic E-state index is -0.0343. The van der Waals surface area contributed by atoms with Gasteiger partial charge in [0, 0.05) is 37.5 Å². The average molecular weight is 333 g/mol. The van der Waals surface area contributed by atoms with Crippen LogP contribution in [0.4, 0.5) is 0 Å². The summed E-state index contributed by atoms with van der Waals surface area (Å²) in [4.78, 5) is 16.7. The Morgan fingerprint density at radius 3 is 2.52 bits per heavy atom. The van der Waals surface area contributed by atoms with Gasteiger partial charge in [0.05, 0.1) is 0 Å². The summed E-state index contributed by atoms with van der Waals surface area (Å²) in [7, 11) is 0. The van der Waals surface area contributed by atoms with Crippen LogP contribution in [-0.4, -0.2) is 22.0 Å². The molecule has 3 rings (SSSR count). The van der Waals surface area contributed by atoms with Crippen molar-refractivity contribution in [3.63, 3.8) is 0 Å². The molecule has 0 atom stereocenters. The Hall–Kier alpha value is -2.88. The van der Waals surface area contributed by atoms with E-state index in [-0.39, 0.29) is 5.91 Å². The van der Waals surface area contributed by atoms with Gasteiger partial charge in [-0.25, -0.2) is 4.98 Å². The van der Waals surface area contributed by atoms with Gasteiger partial charge in [0.2, 0.25) is 0 Å². The van der Waals surface area contributed by atoms with Gasteiger partial charge in [-0.3, -0.25) is 4.79 Å². The highest BCUT2D eigenvalue weighted by Crippen LogP contribution is 2.09. The molecule has 1 amide bonds. The van der Waals surface area contributed by atoms with E-state index < -0.39 is 0 Å². The van der Waals surface area contributed by atoms with Gasteiger partial charge in [0.15, 0.2) is 0 Å². The zero-order valence-electron chi connectivity index (χ0n) is 14.7. The van der Waals surface area contributed by atoms with Crippen LogP contribution in [0.2, 0.25) is 0 Å². The van der Waals surface area contributed by atoms with Gasteiger partial charge in [-0.05, 0) is 31.5 Å². The van der Waals surface area contributed by atoms with Crippen molar-refractivity contribution < 1.29 is 4.79 Å². The zero-order chi connectivity index (χ0) is 17.6. The second-order valence-corrected chi connectivity index (χ2v) is 6.34. The fourth-order valence-electron chi connectivity index (χ4n) is 2.99. The molecule has 1 aromatic heterocycles. The first-order valence-electron chi connectivity index (χ1n) is 8.52. The Morgan fingerprint density at radius 1 is 1.08 bits per heavy atom. The lowest BCUT2D eigenvalue weighted by Gasteiger charge is -2.10. The van der Waals surface area contributed by atoms with E-state index in [1.807, 2.05) is 56.6 Å². The average Bonchev–Trinajstić information content (AvgIpc) is 3.02. The van der Waals surface area contributed by atoms with Crippen LogP contribution in [0, 0.1) is 13.8 Å². The maximum absolute atomic E-state index is 12.3. The Kier molecular flexibility index (Phi) is 5.29. The van der Waals surface area contributed by atoms with E-state index in [1.165, 1.54) is 5.56 Å². The van der Waals surface area contributed by atoms with Crippen LogP contribution in [0.5, 0.6) is 0 Å². The number of aryl methyl sites for hydroxylation is 2. The Balaban J connectivity index is 1.57. The van der Waals surface area contributed by atoms with Crippen molar-refractivity contribution in [3.05, 3.63) is 89.0 Å². The molecule has 25 heavy (non-hydrogen) atoms. The smallest absolute Gasteiger partial charge is 0.251 e. The molecule has 0 aliphatic rings. The molecular formula is C21H23N3O. The van der Waals surface area contributed by atoms with Crippen LogP contribution >= 0.6 is 0 Å². The van der Waals surface area contributed by atoms with Crippen LogP contribution in [0.15, 0.2) is 60.9 Å². The molecular weight excluding hydrogens is 310 g/mol. The van der Waals surface area contributed by atoms with E-state index in [4.69, 9.17) is 0 Å². The van der Waals surface area contributed by atoms with E-state index >= 15 is 0 Å². The SMILES string of the molecule is Cc1cc(C)cc(C(=O)NCCc2nccn2Cc2ccccc2)c1. The van der Waals surface area contributed by atoms with Crippen molar-refractivity contribution >= 4 is 5.91 Å². The van der Waals surface area contributed by atoms with Gasteiger partial charge in [0.25, 0.3) is 5.91 Å². The lowest BCUT2D eigenvalue weighted by atomic mass is 10.1. The molecule has 4 heteroatoms. The molecule has 0 unspecified atom stereocenters. The molecule has 1 N–H and O–H groups in total. The number of carbonyl (C=O) groups is 1. The van der Waals surface area contributed by atoms with E-state index in [1.54, 1.807) is 0 Å². The molecule has 0 aliphatic carbocycles. The van der Waals surface area contributed by atoms with Crippen LogP contribution in [0.25, 0.3) is 0 Å². The van der Waals surface area contributed by atoms with Crippen LogP contribution in [0.1, 0.15) is 32.9 Å². The van der Waals surface area contributed by atoms with E-state index in [9.17, 15) is 4.79 Å². The van der Waals surface area contributed by atoms with E-state index in [0.717, 1.165) is 23.5 Å². The summed E-state index contributed by atoms with van der Waals surface area (Å²) in [5.74, 6) is 0.942. The lowest BCUT2D eigenvalue weighted by Crippen LogP contribution is -2.26. The standard InChI is InChI=1S/C21H23N3O/c1-16-12-17(2)14-19(13-16)21(25)23-9-8-20-22-10-11-24(20)15-18-6-4-3-5-7-18/h3-7,10-14H,8-9,15H2,1-2H3,(H,23,25). The zero-order valence-corrected chi connectivity index (χ0v) is 14.7. The van der Waals surface area contributed by atoms with E-state index in [0.29, 0.717) is 18.5 Å². The second kappa shape index (κ2) is 7.79. The first-order chi connectivity index (χ1) is 12.1. The quantitative estimate of drug-likeness (QED) is 0.750. The van der Waals surface area contributed by atoms with Gasteiger partial charge < -0.3 is 9.88 Å². The Labute approximate surface area is 148 Å². The summed E-state index contributed by atoms with van der Waals surface area (Å²) in [5.41, 5.74) is 4.15. The van der Waals surface area contributed by atoms with Gasteiger partial charge in [-0.1, -0.05) is 47.5 Å². The van der Waals surface area contributed by atoms with Crippen molar-refractivity contribution in [1.82, 2.24) is 14.9 Å². The van der Waals surface area contributed by atoms with Gasteiger partial charge in [-0.2, -0.15) is 0 Å². The predicted molar refractivity (Wildman–Crippen MR) is 99.7 cm³/mol. The summed E-state index contributed by atoms with van der Waals surface area (Å²) >= 11 is 0.